The maximum atomic E-state index is 12.6. The second-order valence-electron chi connectivity index (χ2n) is 5.24. The zero-order valence-electron chi connectivity index (χ0n) is 14.9. The van der Waals surface area contributed by atoms with Gasteiger partial charge < -0.3 is 24.4 Å². The van der Waals surface area contributed by atoms with Crippen LogP contribution in [0.1, 0.15) is 16.8 Å². The van der Waals surface area contributed by atoms with E-state index < -0.39 is 10.8 Å². The Labute approximate surface area is 170 Å². The molecule has 3 aromatic rings. The van der Waals surface area contributed by atoms with Crippen LogP contribution in [0.15, 0.2) is 23.5 Å². The monoisotopic (exact) mass is 368 g/mol. The van der Waals surface area contributed by atoms with Crippen LogP contribution in [-0.2, 0) is 16.6 Å². The van der Waals surface area contributed by atoms with Crippen molar-refractivity contribution < 1.29 is 43.2 Å². The van der Waals surface area contributed by atoms with Gasteiger partial charge in [-0.05, 0) is 26.0 Å². The van der Waals surface area contributed by atoms with Crippen LogP contribution in [0, 0.1) is 13.8 Å². The number of hydrogen-bond acceptors (Lipinski definition) is 6. The molecular formula is C16H17N4NaO3S. The zero-order chi connectivity index (χ0) is 17.3. The smallest absolute Gasteiger partial charge is 0.496 e. The summed E-state index contributed by atoms with van der Waals surface area (Å²) in [4.78, 5) is 17.1. The molecule has 0 spiro atoms. The van der Waals surface area contributed by atoms with Crippen LogP contribution in [0.2, 0.25) is 0 Å². The van der Waals surface area contributed by atoms with Gasteiger partial charge in [0.2, 0.25) is 0 Å². The molecular weight excluding hydrogens is 351 g/mol. The molecule has 0 amide bonds. The standard InChI is InChI=1S/C16H17N4O3S.Na/c1-9-7-17-12(10(2)14(9)23-4)8-24(21)16-18-11-5-6-13(22-3)19-15(11)20-16;/h5-7H,8H2,1-4H3;/q-1;+1. The molecule has 0 aliphatic heterocycles. The molecule has 7 nitrogen and oxygen atoms in total. The second kappa shape index (κ2) is 8.27. The largest absolute Gasteiger partial charge is 1.00 e. The van der Waals surface area contributed by atoms with Gasteiger partial charge in [0.05, 0.1) is 41.6 Å². The molecule has 3 heterocycles. The normalized spacial score (nSPS) is 11.8. The summed E-state index contributed by atoms with van der Waals surface area (Å²) in [6.07, 6.45) is 1.72. The van der Waals surface area contributed by atoms with Crippen molar-refractivity contribution in [3.63, 3.8) is 0 Å². The van der Waals surface area contributed by atoms with E-state index in [9.17, 15) is 4.21 Å². The number of aromatic nitrogens is 4. The number of imidazole rings is 1. The van der Waals surface area contributed by atoms with E-state index in [1.807, 2.05) is 13.8 Å². The van der Waals surface area contributed by atoms with Crippen LogP contribution >= 0.6 is 0 Å². The number of hydrogen-bond donors (Lipinski definition) is 0. The molecule has 0 saturated carbocycles. The van der Waals surface area contributed by atoms with Gasteiger partial charge >= 0.3 is 29.6 Å². The van der Waals surface area contributed by atoms with Gasteiger partial charge in [-0.15, -0.1) is 0 Å². The van der Waals surface area contributed by atoms with E-state index in [1.54, 1.807) is 25.4 Å². The van der Waals surface area contributed by atoms with E-state index in [4.69, 9.17) is 9.47 Å². The van der Waals surface area contributed by atoms with Gasteiger partial charge in [0.25, 0.3) is 0 Å². The van der Waals surface area contributed by atoms with Crippen molar-refractivity contribution in [3.8, 4) is 11.6 Å². The number of ether oxygens (including phenoxy) is 2. The first kappa shape index (κ1) is 19.8. The predicted molar refractivity (Wildman–Crippen MR) is 89.8 cm³/mol. The third-order valence-corrected chi connectivity index (χ3v) is 4.80. The number of methoxy groups -OCH3 is 2. The molecule has 1 atom stereocenters. The van der Waals surface area contributed by atoms with Gasteiger partial charge in [0.1, 0.15) is 11.6 Å². The quantitative estimate of drug-likeness (QED) is 0.530. The van der Waals surface area contributed by atoms with Gasteiger partial charge in [-0.3, -0.25) is 9.19 Å². The van der Waals surface area contributed by atoms with Crippen LogP contribution in [0.4, 0.5) is 0 Å². The van der Waals surface area contributed by atoms with E-state index in [-0.39, 0.29) is 40.5 Å². The molecule has 3 aromatic heterocycles. The Morgan fingerprint density at radius 2 is 1.92 bits per heavy atom. The first-order valence-corrected chi connectivity index (χ1v) is 8.58. The Hall–Kier alpha value is -1.48. The Balaban J connectivity index is 0.00000225. The number of rotatable bonds is 5. The minimum atomic E-state index is -1.42. The van der Waals surface area contributed by atoms with E-state index in [0.717, 1.165) is 16.9 Å². The van der Waals surface area contributed by atoms with Gasteiger partial charge in [-0.1, -0.05) is 0 Å². The fourth-order valence-corrected chi connectivity index (χ4v) is 3.49. The molecule has 126 valence electrons. The van der Waals surface area contributed by atoms with Crippen LogP contribution in [0.25, 0.3) is 11.2 Å². The van der Waals surface area contributed by atoms with Crippen molar-refractivity contribution in [2.45, 2.75) is 24.8 Å². The molecule has 0 saturated heterocycles. The fourth-order valence-electron chi connectivity index (χ4n) is 2.43. The number of pyridine rings is 2. The summed E-state index contributed by atoms with van der Waals surface area (Å²) in [6, 6.07) is 3.44. The summed E-state index contributed by atoms with van der Waals surface area (Å²) >= 11 is 0. The van der Waals surface area contributed by atoms with Crippen LogP contribution in [-0.4, -0.2) is 33.4 Å². The van der Waals surface area contributed by atoms with Crippen molar-refractivity contribution in [2.75, 3.05) is 14.2 Å². The third kappa shape index (κ3) is 4.03. The van der Waals surface area contributed by atoms with Crippen molar-refractivity contribution in [1.29, 1.82) is 0 Å². The van der Waals surface area contributed by atoms with Crippen molar-refractivity contribution in [2.24, 2.45) is 0 Å². The van der Waals surface area contributed by atoms with Gasteiger partial charge in [-0.2, -0.15) is 0 Å². The molecule has 1 unspecified atom stereocenters. The fraction of sp³-hybridized carbons (Fsp3) is 0.312. The average Bonchev–Trinajstić information content (AvgIpc) is 3.01. The first-order valence-electron chi connectivity index (χ1n) is 7.26. The Bertz CT molecular complexity index is 929. The SMILES string of the molecule is COc1ccc2nc(S(=O)Cc3ncc(C)c(OC)c3C)[n-]c2n1.[Na+]. The molecule has 0 aliphatic carbocycles. The zero-order valence-corrected chi connectivity index (χ0v) is 17.7. The van der Waals surface area contributed by atoms with Gasteiger partial charge in [-0.25, -0.2) is 0 Å². The maximum absolute atomic E-state index is 12.6. The van der Waals surface area contributed by atoms with E-state index in [2.05, 4.69) is 19.9 Å². The topological polar surface area (TPSA) is 88.3 Å². The molecule has 0 N–H and O–H groups in total. The van der Waals surface area contributed by atoms with Crippen LogP contribution < -0.4 is 44.0 Å². The summed E-state index contributed by atoms with van der Waals surface area (Å²) < 4.78 is 23.1. The Kier molecular flexibility index (Phi) is 6.56. The van der Waals surface area contributed by atoms with E-state index in [0.29, 0.717) is 22.7 Å². The van der Waals surface area contributed by atoms with Crippen molar-refractivity contribution >= 4 is 22.0 Å². The van der Waals surface area contributed by atoms with Gasteiger partial charge in [0.15, 0.2) is 0 Å². The first-order chi connectivity index (χ1) is 11.5. The Morgan fingerprint density at radius 3 is 2.60 bits per heavy atom. The molecule has 9 heteroatoms. The van der Waals surface area contributed by atoms with Crippen molar-refractivity contribution in [3.05, 3.63) is 35.2 Å². The summed E-state index contributed by atoms with van der Waals surface area (Å²) in [5, 5.41) is 0.242. The van der Waals surface area contributed by atoms with Gasteiger partial charge in [0, 0.05) is 28.5 Å². The van der Waals surface area contributed by atoms with Crippen LogP contribution in [0.5, 0.6) is 11.6 Å². The second-order valence-corrected chi connectivity index (χ2v) is 6.58. The number of nitrogens with zero attached hydrogens (tertiary/aromatic N) is 4. The minimum absolute atomic E-state index is 0. The molecule has 3 rings (SSSR count). The van der Waals surface area contributed by atoms with Crippen molar-refractivity contribution in [1.82, 2.24) is 19.9 Å². The van der Waals surface area contributed by atoms with E-state index >= 15 is 0 Å². The molecule has 25 heavy (non-hydrogen) atoms. The Morgan fingerprint density at radius 1 is 1.16 bits per heavy atom. The predicted octanol–water partition coefficient (Wildman–Crippen LogP) is -1.07. The molecule has 0 aromatic carbocycles. The third-order valence-electron chi connectivity index (χ3n) is 3.68. The molecule has 0 bridgehead atoms. The number of fused-ring (bicyclic) bond motifs is 1. The summed E-state index contributed by atoms with van der Waals surface area (Å²) in [5.74, 6) is 1.42. The minimum Gasteiger partial charge on any atom is -0.496 e. The average molecular weight is 368 g/mol. The summed E-state index contributed by atoms with van der Waals surface area (Å²) in [5.41, 5.74) is 3.53. The maximum Gasteiger partial charge on any atom is 1.00 e. The molecule has 0 fully saturated rings. The summed E-state index contributed by atoms with van der Waals surface area (Å²) in [6.45, 7) is 3.83. The number of aryl methyl sites for hydroxylation is 1. The van der Waals surface area contributed by atoms with Crippen LogP contribution in [0.3, 0.4) is 0 Å². The van der Waals surface area contributed by atoms with E-state index in [1.165, 1.54) is 7.11 Å². The molecule has 0 radical (unpaired) electrons. The summed E-state index contributed by atoms with van der Waals surface area (Å²) in [7, 11) is 1.72. The molecule has 0 aliphatic rings.